The van der Waals surface area contributed by atoms with Crippen LogP contribution in [0.2, 0.25) is 0 Å². The van der Waals surface area contributed by atoms with Gasteiger partial charge in [0.15, 0.2) is 0 Å². The maximum Gasteiger partial charge on any atom is 0.123 e. The van der Waals surface area contributed by atoms with Crippen LogP contribution in [0.1, 0.15) is 52.8 Å². The van der Waals surface area contributed by atoms with E-state index in [4.69, 9.17) is 4.74 Å². The van der Waals surface area contributed by atoms with Crippen molar-refractivity contribution < 1.29 is 14.9 Å². The molecule has 3 nitrogen and oxygen atoms in total. The molecule has 27 heavy (non-hydrogen) atoms. The lowest BCUT2D eigenvalue weighted by Crippen LogP contribution is -2.27. The van der Waals surface area contributed by atoms with Crippen molar-refractivity contribution in [2.24, 2.45) is 0 Å². The van der Waals surface area contributed by atoms with E-state index in [-0.39, 0.29) is 23.2 Å². The van der Waals surface area contributed by atoms with Crippen LogP contribution in [0.15, 0.2) is 36.4 Å². The maximum atomic E-state index is 10.2. The van der Waals surface area contributed by atoms with Gasteiger partial charge in [-0.05, 0) is 60.9 Å². The van der Waals surface area contributed by atoms with Crippen molar-refractivity contribution in [3.05, 3.63) is 64.2 Å². The van der Waals surface area contributed by atoms with Crippen LogP contribution in [0.3, 0.4) is 0 Å². The maximum absolute atomic E-state index is 10.2. The van der Waals surface area contributed by atoms with Gasteiger partial charge in [0.2, 0.25) is 0 Å². The van der Waals surface area contributed by atoms with Gasteiger partial charge in [-0.15, -0.1) is 11.8 Å². The minimum Gasteiger partial charge on any atom is -0.496 e. The molecule has 2 aromatic rings. The zero-order valence-corrected chi connectivity index (χ0v) is 17.3. The molecule has 0 radical (unpaired) electrons. The zero-order valence-electron chi connectivity index (χ0n) is 16.4. The number of benzene rings is 2. The van der Waals surface area contributed by atoms with E-state index in [2.05, 4.69) is 50.2 Å². The molecule has 3 rings (SSSR count). The third kappa shape index (κ3) is 4.87. The Labute approximate surface area is 166 Å². The van der Waals surface area contributed by atoms with Gasteiger partial charge in [0.1, 0.15) is 5.75 Å². The van der Waals surface area contributed by atoms with E-state index in [1.807, 2.05) is 0 Å². The molecule has 0 bridgehead atoms. The minimum atomic E-state index is -0.371. The largest absolute Gasteiger partial charge is 0.496 e. The Morgan fingerprint density at radius 3 is 2.44 bits per heavy atom. The fourth-order valence-corrected chi connectivity index (χ4v) is 5.33. The average molecular weight is 387 g/mol. The van der Waals surface area contributed by atoms with Crippen molar-refractivity contribution in [2.75, 3.05) is 13.7 Å². The molecule has 4 heteroatoms. The monoisotopic (exact) mass is 386 g/mol. The van der Waals surface area contributed by atoms with Gasteiger partial charge in [-0.25, -0.2) is 0 Å². The van der Waals surface area contributed by atoms with Crippen LogP contribution >= 0.6 is 11.8 Å². The number of ether oxygens (including phenoxy) is 1. The van der Waals surface area contributed by atoms with Crippen LogP contribution < -0.4 is 4.74 Å². The summed E-state index contributed by atoms with van der Waals surface area (Å²) in [5, 5.41) is 20.0. The van der Waals surface area contributed by atoms with E-state index >= 15 is 0 Å². The van der Waals surface area contributed by atoms with E-state index in [1.54, 1.807) is 18.9 Å². The molecule has 3 atom stereocenters. The lowest BCUT2D eigenvalue weighted by atomic mass is 9.94. The molecule has 0 aliphatic carbocycles. The van der Waals surface area contributed by atoms with Gasteiger partial charge in [-0.3, -0.25) is 0 Å². The molecule has 0 unspecified atom stereocenters. The smallest absolute Gasteiger partial charge is 0.123 e. The molecule has 1 aliphatic rings. The SMILES string of the molecule is CCc1ccc(Cc2cc([C@H]3C[C@@H](O)C[C@@H](CO)S3)c(OC)cc2C)cc1. The topological polar surface area (TPSA) is 49.7 Å². The summed E-state index contributed by atoms with van der Waals surface area (Å²) in [6, 6.07) is 13.2. The van der Waals surface area contributed by atoms with Crippen LogP contribution in [-0.4, -0.2) is 35.3 Å². The fourth-order valence-electron chi connectivity index (χ4n) is 3.78. The summed E-state index contributed by atoms with van der Waals surface area (Å²) >= 11 is 1.75. The van der Waals surface area contributed by atoms with Crippen LogP contribution in [-0.2, 0) is 12.8 Å². The van der Waals surface area contributed by atoms with Crippen LogP contribution in [0.25, 0.3) is 0 Å². The molecule has 0 saturated carbocycles. The Kier molecular flexibility index (Phi) is 6.85. The molecule has 0 spiro atoms. The molecule has 0 amide bonds. The Hall–Kier alpha value is -1.49. The summed E-state index contributed by atoms with van der Waals surface area (Å²) in [6.45, 7) is 4.40. The summed E-state index contributed by atoms with van der Waals surface area (Å²) < 4.78 is 5.66. The number of aliphatic hydroxyl groups excluding tert-OH is 2. The molecule has 1 fully saturated rings. The van der Waals surface area contributed by atoms with E-state index in [9.17, 15) is 10.2 Å². The number of hydrogen-bond donors (Lipinski definition) is 2. The first kappa shape index (κ1) is 20.2. The third-order valence-corrected chi connectivity index (χ3v) is 6.94. The second-order valence-corrected chi connectivity index (χ2v) is 8.93. The molecular weight excluding hydrogens is 356 g/mol. The Bertz CT molecular complexity index is 757. The first-order chi connectivity index (χ1) is 13.0. The Balaban J connectivity index is 1.90. The van der Waals surface area contributed by atoms with Crippen molar-refractivity contribution in [3.63, 3.8) is 0 Å². The number of rotatable bonds is 6. The van der Waals surface area contributed by atoms with E-state index < -0.39 is 0 Å². The fraction of sp³-hybridized carbons (Fsp3) is 0.478. The van der Waals surface area contributed by atoms with Gasteiger partial charge >= 0.3 is 0 Å². The van der Waals surface area contributed by atoms with Gasteiger partial charge in [-0.1, -0.05) is 37.3 Å². The lowest BCUT2D eigenvalue weighted by Gasteiger charge is -2.32. The van der Waals surface area contributed by atoms with E-state index in [0.29, 0.717) is 12.8 Å². The highest BCUT2D eigenvalue weighted by Gasteiger charge is 2.31. The van der Waals surface area contributed by atoms with Crippen molar-refractivity contribution >= 4 is 11.8 Å². The Morgan fingerprint density at radius 1 is 1.11 bits per heavy atom. The first-order valence-electron chi connectivity index (χ1n) is 9.73. The number of thioether (sulfide) groups is 1. The van der Waals surface area contributed by atoms with Gasteiger partial charge in [0.05, 0.1) is 19.8 Å². The lowest BCUT2D eigenvalue weighted by molar-refractivity contribution is 0.136. The van der Waals surface area contributed by atoms with E-state index in [0.717, 1.165) is 24.2 Å². The van der Waals surface area contributed by atoms with Crippen molar-refractivity contribution in [2.45, 2.75) is 56.1 Å². The predicted molar refractivity (Wildman–Crippen MR) is 113 cm³/mol. The summed E-state index contributed by atoms with van der Waals surface area (Å²) in [6.07, 6.45) is 2.92. The minimum absolute atomic E-state index is 0.0785. The molecule has 2 aromatic carbocycles. The average Bonchev–Trinajstić information content (AvgIpc) is 2.69. The first-order valence-corrected chi connectivity index (χ1v) is 10.7. The zero-order chi connectivity index (χ0) is 19.4. The Morgan fingerprint density at radius 2 is 1.81 bits per heavy atom. The standard InChI is InChI=1S/C23H30O3S/c1-4-16-5-7-17(8-6-16)10-18-11-21(22(26-3)9-15(18)2)23-13-19(25)12-20(14-24)27-23/h5-9,11,19-20,23-25H,4,10,12-14H2,1-3H3/t19-,20-,23+/m0/s1. The highest BCUT2D eigenvalue weighted by Crippen LogP contribution is 2.46. The number of aryl methyl sites for hydroxylation is 2. The normalized spacial score (nSPS) is 22.6. The highest BCUT2D eigenvalue weighted by molar-refractivity contribution is 8.00. The molecule has 2 N–H and O–H groups in total. The third-order valence-electron chi connectivity index (χ3n) is 5.44. The second kappa shape index (κ2) is 9.13. The van der Waals surface area contributed by atoms with Crippen LogP contribution in [0.4, 0.5) is 0 Å². The second-order valence-electron chi connectivity index (χ2n) is 7.42. The quantitative estimate of drug-likeness (QED) is 0.770. The molecule has 1 aliphatic heterocycles. The number of aliphatic hydroxyl groups is 2. The van der Waals surface area contributed by atoms with Crippen molar-refractivity contribution in [1.29, 1.82) is 0 Å². The summed E-state index contributed by atoms with van der Waals surface area (Å²) in [7, 11) is 1.70. The van der Waals surface area contributed by atoms with Crippen LogP contribution in [0, 0.1) is 6.92 Å². The number of methoxy groups -OCH3 is 1. The van der Waals surface area contributed by atoms with Crippen molar-refractivity contribution in [3.8, 4) is 5.75 Å². The predicted octanol–water partition coefficient (Wildman–Crippen LogP) is 4.45. The van der Waals surface area contributed by atoms with Gasteiger partial charge in [0.25, 0.3) is 0 Å². The molecule has 1 heterocycles. The van der Waals surface area contributed by atoms with Crippen LogP contribution in [0.5, 0.6) is 5.75 Å². The summed E-state index contributed by atoms with van der Waals surface area (Å²) in [5.41, 5.74) is 6.29. The molecule has 1 saturated heterocycles. The van der Waals surface area contributed by atoms with Gasteiger partial charge in [-0.2, -0.15) is 0 Å². The van der Waals surface area contributed by atoms with Gasteiger partial charge < -0.3 is 14.9 Å². The molecule has 146 valence electrons. The van der Waals surface area contributed by atoms with Gasteiger partial charge in [0, 0.05) is 16.1 Å². The summed E-state index contributed by atoms with van der Waals surface area (Å²) in [5.74, 6) is 0.876. The molecule has 0 aromatic heterocycles. The number of hydrogen-bond acceptors (Lipinski definition) is 4. The van der Waals surface area contributed by atoms with Crippen molar-refractivity contribution in [1.82, 2.24) is 0 Å². The highest BCUT2D eigenvalue weighted by atomic mass is 32.2. The van der Waals surface area contributed by atoms with E-state index in [1.165, 1.54) is 22.3 Å². The molecular formula is C23H30O3S. The summed E-state index contributed by atoms with van der Waals surface area (Å²) in [4.78, 5) is 0.